The van der Waals surface area contributed by atoms with E-state index >= 15 is 0 Å². The first-order valence-electron chi connectivity index (χ1n) is 5.01. The molecular formula is C12H13Cl3O. The zero-order valence-electron chi connectivity index (χ0n) is 9.14. The molecule has 0 atom stereocenters. The maximum absolute atomic E-state index is 11.6. The molecule has 0 unspecified atom stereocenters. The molecule has 0 saturated heterocycles. The van der Waals surface area contributed by atoms with Gasteiger partial charge >= 0.3 is 0 Å². The fourth-order valence-corrected chi connectivity index (χ4v) is 1.75. The van der Waals surface area contributed by atoms with Crippen LogP contribution in [0.2, 0.25) is 0 Å². The zero-order chi connectivity index (χ0) is 12.3. The Balaban J connectivity index is 2.83. The molecule has 0 saturated carbocycles. The van der Waals surface area contributed by atoms with Crippen molar-refractivity contribution in [1.82, 2.24) is 0 Å². The van der Waals surface area contributed by atoms with Crippen molar-refractivity contribution in [3.8, 4) is 0 Å². The Labute approximate surface area is 111 Å². The molecule has 88 valence electrons. The van der Waals surface area contributed by atoms with Gasteiger partial charge in [0.15, 0.2) is 0 Å². The van der Waals surface area contributed by atoms with E-state index in [0.717, 1.165) is 6.42 Å². The van der Waals surface area contributed by atoms with Gasteiger partial charge in [-0.2, -0.15) is 0 Å². The van der Waals surface area contributed by atoms with E-state index in [4.69, 9.17) is 34.8 Å². The molecule has 0 N–H and O–H groups in total. The van der Waals surface area contributed by atoms with Gasteiger partial charge in [0.2, 0.25) is 5.78 Å². The maximum atomic E-state index is 11.6. The lowest BCUT2D eigenvalue weighted by atomic mass is 10.0. The van der Waals surface area contributed by atoms with E-state index in [-0.39, 0.29) is 0 Å². The summed E-state index contributed by atoms with van der Waals surface area (Å²) in [6.45, 7) is 4.28. The Hall–Kier alpha value is -0.240. The molecule has 0 aliphatic heterocycles. The van der Waals surface area contributed by atoms with Crippen LogP contribution < -0.4 is 0 Å². The van der Waals surface area contributed by atoms with Crippen LogP contribution in [0.3, 0.4) is 0 Å². The highest BCUT2D eigenvalue weighted by atomic mass is 35.6. The summed E-state index contributed by atoms with van der Waals surface area (Å²) in [4.78, 5) is 11.6. The molecule has 1 nitrogen and oxygen atoms in total. The van der Waals surface area contributed by atoms with Gasteiger partial charge in [0, 0.05) is 5.56 Å². The van der Waals surface area contributed by atoms with Crippen LogP contribution in [0.5, 0.6) is 0 Å². The van der Waals surface area contributed by atoms with Crippen LogP contribution in [-0.4, -0.2) is 9.58 Å². The molecule has 0 aliphatic rings. The highest BCUT2D eigenvalue weighted by Gasteiger charge is 2.31. The molecule has 0 fully saturated rings. The monoisotopic (exact) mass is 278 g/mol. The second-order valence-corrected chi connectivity index (χ2v) is 6.40. The van der Waals surface area contributed by atoms with Crippen LogP contribution in [0.25, 0.3) is 0 Å². The fourth-order valence-electron chi connectivity index (χ4n) is 1.43. The smallest absolute Gasteiger partial charge is 0.253 e. The molecule has 0 spiro atoms. The highest BCUT2D eigenvalue weighted by Crippen LogP contribution is 2.30. The normalized spacial score (nSPS) is 11.9. The number of benzene rings is 1. The van der Waals surface area contributed by atoms with Gasteiger partial charge in [-0.15, -0.1) is 0 Å². The Morgan fingerprint density at radius 3 is 2.06 bits per heavy atom. The molecule has 0 radical (unpaired) electrons. The van der Waals surface area contributed by atoms with Gasteiger partial charge in [0.25, 0.3) is 3.79 Å². The molecule has 1 rings (SSSR count). The summed E-state index contributed by atoms with van der Waals surface area (Å²) in [5.74, 6) is 0.0864. The topological polar surface area (TPSA) is 17.1 Å². The van der Waals surface area contributed by atoms with E-state index in [2.05, 4.69) is 13.8 Å². The van der Waals surface area contributed by atoms with Gasteiger partial charge in [0.05, 0.1) is 0 Å². The van der Waals surface area contributed by atoms with Crippen LogP contribution in [0.1, 0.15) is 29.8 Å². The van der Waals surface area contributed by atoms with Crippen molar-refractivity contribution in [2.24, 2.45) is 5.92 Å². The van der Waals surface area contributed by atoms with E-state index in [0.29, 0.717) is 11.5 Å². The number of carbonyl (C=O) groups is 1. The van der Waals surface area contributed by atoms with Crippen molar-refractivity contribution in [2.45, 2.75) is 24.1 Å². The lowest BCUT2D eigenvalue weighted by Gasteiger charge is -2.10. The summed E-state index contributed by atoms with van der Waals surface area (Å²) in [5.41, 5.74) is 1.60. The Morgan fingerprint density at radius 1 is 1.19 bits per heavy atom. The molecule has 0 heterocycles. The molecule has 0 bridgehead atoms. The summed E-state index contributed by atoms with van der Waals surface area (Å²) in [7, 11) is 0. The van der Waals surface area contributed by atoms with Gasteiger partial charge in [0.1, 0.15) is 0 Å². The zero-order valence-corrected chi connectivity index (χ0v) is 11.4. The molecule has 4 heteroatoms. The van der Waals surface area contributed by atoms with E-state index < -0.39 is 9.58 Å². The number of ketones is 1. The van der Waals surface area contributed by atoms with Crippen molar-refractivity contribution >= 4 is 40.6 Å². The van der Waals surface area contributed by atoms with Crippen LogP contribution >= 0.6 is 34.8 Å². The molecule has 0 aromatic heterocycles. The number of Topliss-reactive ketones (excluding diaryl/α,β-unsaturated/α-hetero) is 1. The second-order valence-electron chi connectivity index (χ2n) is 4.12. The predicted octanol–water partition coefficient (Wildman–Crippen LogP) is 4.44. The van der Waals surface area contributed by atoms with Crippen molar-refractivity contribution in [3.05, 3.63) is 35.4 Å². The minimum absolute atomic E-state index is 0.424. The minimum Gasteiger partial charge on any atom is -0.289 e. The Morgan fingerprint density at radius 2 is 1.69 bits per heavy atom. The first-order valence-corrected chi connectivity index (χ1v) is 6.14. The molecular weight excluding hydrogens is 266 g/mol. The van der Waals surface area contributed by atoms with Gasteiger partial charge < -0.3 is 0 Å². The van der Waals surface area contributed by atoms with Gasteiger partial charge in [-0.3, -0.25) is 4.79 Å². The first kappa shape index (κ1) is 13.8. The summed E-state index contributed by atoms with van der Waals surface area (Å²) in [5, 5.41) is 0. The van der Waals surface area contributed by atoms with Crippen molar-refractivity contribution in [3.63, 3.8) is 0 Å². The van der Waals surface area contributed by atoms with Crippen LogP contribution in [0.15, 0.2) is 24.3 Å². The standard InChI is InChI=1S/C12H13Cl3O/c1-8(2)7-9-3-5-10(6-4-9)11(16)12(13,14)15/h3-6,8H,7H2,1-2H3. The molecule has 0 aliphatic carbocycles. The van der Waals surface area contributed by atoms with Crippen molar-refractivity contribution < 1.29 is 4.79 Å². The summed E-state index contributed by atoms with van der Waals surface area (Å²) in [6, 6.07) is 7.18. The molecule has 1 aromatic carbocycles. The maximum Gasteiger partial charge on any atom is 0.253 e. The highest BCUT2D eigenvalue weighted by molar-refractivity contribution is 6.77. The third-order valence-electron chi connectivity index (χ3n) is 2.12. The summed E-state index contributed by atoms with van der Waals surface area (Å²) in [6.07, 6.45) is 0.974. The summed E-state index contributed by atoms with van der Waals surface area (Å²) < 4.78 is -1.88. The summed E-state index contributed by atoms with van der Waals surface area (Å²) >= 11 is 16.6. The number of carbonyl (C=O) groups excluding carboxylic acids is 1. The quantitative estimate of drug-likeness (QED) is 0.590. The average molecular weight is 280 g/mol. The Kier molecular flexibility index (Phi) is 4.66. The van der Waals surface area contributed by atoms with Crippen LogP contribution in [0, 0.1) is 5.92 Å². The average Bonchev–Trinajstić information content (AvgIpc) is 2.15. The number of rotatable bonds is 3. The van der Waals surface area contributed by atoms with Gasteiger partial charge in [-0.05, 0) is 17.9 Å². The number of hydrogen-bond acceptors (Lipinski definition) is 1. The second kappa shape index (κ2) is 5.39. The third kappa shape index (κ3) is 3.97. The van der Waals surface area contributed by atoms with Crippen molar-refractivity contribution in [2.75, 3.05) is 0 Å². The van der Waals surface area contributed by atoms with E-state index in [9.17, 15) is 4.79 Å². The van der Waals surface area contributed by atoms with Gasteiger partial charge in [-0.1, -0.05) is 72.9 Å². The number of alkyl halides is 3. The lowest BCUT2D eigenvalue weighted by molar-refractivity contribution is 0.0996. The van der Waals surface area contributed by atoms with Crippen LogP contribution in [-0.2, 0) is 6.42 Å². The molecule has 1 aromatic rings. The van der Waals surface area contributed by atoms with E-state index in [1.807, 2.05) is 12.1 Å². The Bertz CT molecular complexity index is 363. The van der Waals surface area contributed by atoms with Crippen LogP contribution in [0.4, 0.5) is 0 Å². The SMILES string of the molecule is CC(C)Cc1ccc(C(=O)C(Cl)(Cl)Cl)cc1. The van der Waals surface area contributed by atoms with E-state index in [1.165, 1.54) is 5.56 Å². The number of hydrogen-bond donors (Lipinski definition) is 0. The first-order chi connectivity index (χ1) is 7.30. The van der Waals surface area contributed by atoms with E-state index in [1.54, 1.807) is 12.1 Å². The minimum atomic E-state index is -1.88. The number of halogens is 3. The van der Waals surface area contributed by atoms with Crippen molar-refractivity contribution in [1.29, 1.82) is 0 Å². The fraction of sp³-hybridized carbons (Fsp3) is 0.417. The predicted molar refractivity (Wildman–Crippen MR) is 69.6 cm³/mol. The largest absolute Gasteiger partial charge is 0.289 e. The van der Waals surface area contributed by atoms with Gasteiger partial charge in [-0.25, -0.2) is 0 Å². The molecule has 0 amide bonds. The third-order valence-corrected chi connectivity index (χ3v) is 2.63. The lowest BCUT2D eigenvalue weighted by Crippen LogP contribution is -2.18. The molecule has 16 heavy (non-hydrogen) atoms.